The van der Waals surface area contributed by atoms with Crippen molar-refractivity contribution in [2.45, 2.75) is 107 Å². The van der Waals surface area contributed by atoms with E-state index in [0.717, 1.165) is 11.8 Å². The third kappa shape index (κ3) is 16.0. The Kier molecular flexibility index (Phi) is 28.5. The quantitative estimate of drug-likeness (QED) is 0.449. The standard InChI is InChI=1S/C11H22.C3H8.2C2H6/c1-3-4-5-7-10(2)11-8-6-9-11;1-3-2;2*1-2/h10-11H,3-9H2,1-2H3;3H2,1-2H3;2*1-2H3. The Labute approximate surface area is 119 Å². The van der Waals surface area contributed by atoms with Crippen LogP contribution in [0, 0.1) is 11.8 Å². The van der Waals surface area contributed by atoms with Gasteiger partial charge in [0.15, 0.2) is 0 Å². The van der Waals surface area contributed by atoms with E-state index in [0.29, 0.717) is 0 Å². The van der Waals surface area contributed by atoms with Gasteiger partial charge in [-0.2, -0.15) is 0 Å². The summed E-state index contributed by atoms with van der Waals surface area (Å²) in [7, 11) is 0. The van der Waals surface area contributed by atoms with Crippen molar-refractivity contribution in [2.75, 3.05) is 0 Å². The first-order valence-corrected chi connectivity index (χ1v) is 8.76. The van der Waals surface area contributed by atoms with E-state index in [4.69, 9.17) is 0 Å². The van der Waals surface area contributed by atoms with Crippen LogP contribution in [0.4, 0.5) is 0 Å². The minimum absolute atomic E-state index is 1.02. The van der Waals surface area contributed by atoms with Gasteiger partial charge in [-0.1, -0.05) is 107 Å². The van der Waals surface area contributed by atoms with Gasteiger partial charge in [-0.3, -0.25) is 0 Å². The van der Waals surface area contributed by atoms with Gasteiger partial charge in [0.1, 0.15) is 0 Å². The zero-order chi connectivity index (χ0) is 14.8. The van der Waals surface area contributed by atoms with Crippen molar-refractivity contribution in [2.24, 2.45) is 11.8 Å². The Hall–Kier alpha value is 0. The lowest BCUT2D eigenvalue weighted by Crippen LogP contribution is -2.19. The highest BCUT2D eigenvalue weighted by atomic mass is 14.3. The highest BCUT2D eigenvalue weighted by molar-refractivity contribution is 4.74. The maximum atomic E-state index is 2.44. The van der Waals surface area contributed by atoms with Gasteiger partial charge >= 0.3 is 0 Å². The molecule has 1 aliphatic carbocycles. The molecule has 0 heterocycles. The van der Waals surface area contributed by atoms with Crippen molar-refractivity contribution < 1.29 is 0 Å². The van der Waals surface area contributed by atoms with Crippen LogP contribution in [0.5, 0.6) is 0 Å². The molecule has 1 atom stereocenters. The molecule has 0 N–H and O–H groups in total. The van der Waals surface area contributed by atoms with Crippen molar-refractivity contribution >= 4 is 0 Å². The van der Waals surface area contributed by atoms with Crippen LogP contribution >= 0.6 is 0 Å². The summed E-state index contributed by atoms with van der Waals surface area (Å²) in [4.78, 5) is 0. The van der Waals surface area contributed by atoms with Gasteiger partial charge in [-0.05, 0) is 11.8 Å². The lowest BCUT2D eigenvalue weighted by Gasteiger charge is -2.31. The Morgan fingerprint density at radius 2 is 1.33 bits per heavy atom. The summed E-state index contributed by atoms with van der Waals surface area (Å²) in [5.74, 6) is 2.13. The van der Waals surface area contributed by atoms with Crippen LogP contribution in [0.1, 0.15) is 107 Å². The molecule has 1 fully saturated rings. The van der Waals surface area contributed by atoms with E-state index < -0.39 is 0 Å². The first kappa shape index (κ1) is 23.1. The molecule has 1 saturated carbocycles. The van der Waals surface area contributed by atoms with Crippen LogP contribution in [0.25, 0.3) is 0 Å². The highest BCUT2D eigenvalue weighted by Gasteiger charge is 2.22. The summed E-state index contributed by atoms with van der Waals surface area (Å²) in [5.41, 5.74) is 0. The van der Waals surface area contributed by atoms with E-state index in [1.54, 1.807) is 0 Å². The molecule has 0 heteroatoms. The first-order valence-electron chi connectivity index (χ1n) is 8.76. The lowest BCUT2D eigenvalue weighted by molar-refractivity contribution is 0.207. The normalized spacial score (nSPS) is 14.7. The van der Waals surface area contributed by atoms with Crippen molar-refractivity contribution in [3.63, 3.8) is 0 Å². The zero-order valence-electron chi connectivity index (χ0n) is 14.8. The van der Waals surface area contributed by atoms with Crippen molar-refractivity contribution in [1.29, 1.82) is 0 Å². The molecule has 0 amide bonds. The molecule has 18 heavy (non-hydrogen) atoms. The summed E-state index contributed by atoms with van der Waals surface area (Å²) < 4.78 is 0. The maximum absolute atomic E-state index is 2.44. The summed E-state index contributed by atoms with van der Waals surface area (Å²) in [6.07, 6.45) is 11.6. The fourth-order valence-electron chi connectivity index (χ4n) is 1.96. The Morgan fingerprint density at radius 3 is 1.61 bits per heavy atom. The largest absolute Gasteiger partial charge is 0.0683 e. The monoisotopic (exact) mass is 258 g/mol. The van der Waals surface area contributed by atoms with Gasteiger partial charge in [-0.25, -0.2) is 0 Å². The third-order valence-electron chi connectivity index (χ3n) is 3.22. The molecular formula is C18H42. The minimum Gasteiger partial charge on any atom is -0.0683 e. The first-order chi connectivity index (χ1) is 8.76. The fraction of sp³-hybridized carbons (Fsp3) is 1.00. The molecule has 0 bridgehead atoms. The summed E-state index contributed by atoms with van der Waals surface area (Å²) >= 11 is 0. The van der Waals surface area contributed by atoms with Crippen LogP contribution in [-0.4, -0.2) is 0 Å². The van der Waals surface area contributed by atoms with Gasteiger partial charge < -0.3 is 0 Å². The molecule has 1 rings (SSSR count). The summed E-state index contributed by atoms with van der Waals surface area (Å²) in [5, 5.41) is 0. The van der Waals surface area contributed by atoms with Gasteiger partial charge in [0.05, 0.1) is 0 Å². The van der Waals surface area contributed by atoms with Gasteiger partial charge in [0, 0.05) is 0 Å². The zero-order valence-corrected chi connectivity index (χ0v) is 14.8. The lowest BCUT2D eigenvalue weighted by atomic mass is 9.75. The second-order valence-corrected chi connectivity index (χ2v) is 4.87. The van der Waals surface area contributed by atoms with E-state index in [1.807, 2.05) is 27.7 Å². The Bertz CT molecular complexity index is 103. The molecule has 1 unspecified atom stereocenters. The number of hydrogen-bond donors (Lipinski definition) is 0. The predicted octanol–water partition coefficient (Wildman–Crippen LogP) is 7.47. The Balaban J connectivity index is -0.000000274. The average molecular weight is 259 g/mol. The topological polar surface area (TPSA) is 0 Å². The third-order valence-corrected chi connectivity index (χ3v) is 3.22. The molecule has 0 aliphatic heterocycles. The molecule has 0 aromatic heterocycles. The molecule has 0 nitrogen and oxygen atoms in total. The summed E-state index contributed by atoms with van der Waals surface area (Å²) in [6.45, 7) is 17.0. The van der Waals surface area contributed by atoms with E-state index in [1.165, 1.54) is 51.4 Å². The second kappa shape index (κ2) is 22.2. The molecule has 0 radical (unpaired) electrons. The van der Waals surface area contributed by atoms with Crippen LogP contribution in [0.15, 0.2) is 0 Å². The smallest absolute Gasteiger partial charge is 0.0388 e. The van der Waals surface area contributed by atoms with Gasteiger partial charge in [-0.15, -0.1) is 0 Å². The average Bonchev–Trinajstić information content (AvgIpc) is 2.33. The molecule has 0 aromatic carbocycles. The van der Waals surface area contributed by atoms with Gasteiger partial charge in [0.25, 0.3) is 0 Å². The van der Waals surface area contributed by atoms with E-state index in [9.17, 15) is 0 Å². The number of hydrogen-bond acceptors (Lipinski definition) is 0. The van der Waals surface area contributed by atoms with Crippen molar-refractivity contribution in [3.05, 3.63) is 0 Å². The van der Waals surface area contributed by atoms with Crippen LogP contribution in [-0.2, 0) is 0 Å². The summed E-state index contributed by atoms with van der Waals surface area (Å²) in [6, 6.07) is 0. The number of rotatable bonds is 5. The molecule has 0 saturated heterocycles. The minimum atomic E-state index is 1.02. The van der Waals surface area contributed by atoms with E-state index in [-0.39, 0.29) is 0 Å². The van der Waals surface area contributed by atoms with Crippen LogP contribution in [0.2, 0.25) is 0 Å². The highest BCUT2D eigenvalue weighted by Crippen LogP contribution is 2.35. The molecule has 114 valence electrons. The fourth-order valence-corrected chi connectivity index (χ4v) is 1.96. The SMILES string of the molecule is CC.CC.CCC.CCCCCC(C)C1CCC1. The van der Waals surface area contributed by atoms with Crippen molar-refractivity contribution in [1.82, 2.24) is 0 Å². The van der Waals surface area contributed by atoms with Crippen LogP contribution < -0.4 is 0 Å². The second-order valence-electron chi connectivity index (χ2n) is 4.87. The Morgan fingerprint density at radius 1 is 0.889 bits per heavy atom. The maximum Gasteiger partial charge on any atom is -0.0388 e. The van der Waals surface area contributed by atoms with E-state index >= 15 is 0 Å². The van der Waals surface area contributed by atoms with E-state index in [2.05, 4.69) is 27.7 Å². The van der Waals surface area contributed by atoms with Gasteiger partial charge in [0.2, 0.25) is 0 Å². The molecule has 0 spiro atoms. The molecule has 1 aliphatic rings. The van der Waals surface area contributed by atoms with Crippen LogP contribution in [0.3, 0.4) is 0 Å². The van der Waals surface area contributed by atoms with Crippen molar-refractivity contribution in [3.8, 4) is 0 Å². The molecule has 0 aromatic rings. The number of unbranched alkanes of at least 4 members (excludes halogenated alkanes) is 2. The predicted molar refractivity (Wildman–Crippen MR) is 89.3 cm³/mol. The molecular weight excluding hydrogens is 216 g/mol.